The summed E-state index contributed by atoms with van der Waals surface area (Å²) < 4.78 is 0. The molecule has 0 fully saturated rings. The molecule has 7 heteroatoms. The number of nitrogens with one attached hydrogen (secondary N) is 1. The Morgan fingerprint density at radius 2 is 2.13 bits per heavy atom. The number of hydrogen-bond acceptors (Lipinski definition) is 6. The maximum Gasteiger partial charge on any atom is 0.232 e. The minimum absolute atomic E-state index is 0.0166. The topological polar surface area (TPSA) is 95.2 Å². The van der Waals surface area contributed by atoms with E-state index in [1.807, 2.05) is 24.3 Å². The molecule has 1 atom stereocenters. The number of hydrogen-bond donors (Lipinski definition) is 1. The molecule has 3 aromatic rings. The van der Waals surface area contributed by atoms with Gasteiger partial charge in [0.05, 0.1) is 28.7 Å². The van der Waals surface area contributed by atoms with Crippen molar-refractivity contribution in [2.45, 2.75) is 25.7 Å². The monoisotopic (exact) mass is 414 g/mol. The Hall–Kier alpha value is -3.63. The Bertz CT molecular complexity index is 1190. The second-order valence-corrected chi connectivity index (χ2v) is 7.84. The van der Waals surface area contributed by atoms with Crippen molar-refractivity contribution in [2.24, 2.45) is 4.99 Å². The normalized spacial score (nSPS) is 13.1. The highest BCUT2D eigenvalue weighted by Gasteiger charge is 2.21. The highest BCUT2D eigenvalue weighted by atomic mass is 32.1. The Kier molecular flexibility index (Phi) is 5.50. The van der Waals surface area contributed by atoms with E-state index in [9.17, 15) is 9.59 Å². The first-order valence-corrected chi connectivity index (χ1v) is 10.4. The van der Waals surface area contributed by atoms with Crippen molar-refractivity contribution in [3.8, 4) is 6.07 Å². The van der Waals surface area contributed by atoms with E-state index in [4.69, 9.17) is 5.26 Å². The summed E-state index contributed by atoms with van der Waals surface area (Å²) in [5.74, 6) is -0.00934. The fourth-order valence-corrected chi connectivity index (χ4v) is 3.90. The lowest BCUT2D eigenvalue weighted by atomic mass is 9.98. The van der Waals surface area contributed by atoms with Crippen molar-refractivity contribution in [1.82, 2.24) is 10.3 Å². The van der Waals surface area contributed by atoms with Crippen molar-refractivity contribution in [3.05, 3.63) is 81.3 Å². The maximum atomic E-state index is 12.7. The van der Waals surface area contributed by atoms with E-state index >= 15 is 0 Å². The lowest BCUT2D eigenvalue weighted by Gasteiger charge is -2.12. The van der Waals surface area contributed by atoms with Gasteiger partial charge in [-0.1, -0.05) is 24.3 Å². The minimum Gasteiger partial charge on any atom is -0.313 e. The van der Waals surface area contributed by atoms with Gasteiger partial charge < -0.3 is 5.32 Å². The Morgan fingerprint density at radius 3 is 2.90 bits per heavy atom. The highest BCUT2D eigenvalue weighted by molar-refractivity contribution is 7.07. The minimum atomic E-state index is -0.406. The number of carbonyl (C=O) groups is 2. The summed E-state index contributed by atoms with van der Waals surface area (Å²) >= 11 is 1.40. The number of amidine groups is 1. The van der Waals surface area contributed by atoms with Crippen LogP contribution in [0.3, 0.4) is 0 Å². The first kappa shape index (κ1) is 19.7. The lowest BCUT2D eigenvalue weighted by molar-refractivity contribution is -0.120. The summed E-state index contributed by atoms with van der Waals surface area (Å²) in [6.45, 7) is 1.80. The second-order valence-electron chi connectivity index (χ2n) is 7.12. The molecule has 0 bridgehead atoms. The highest BCUT2D eigenvalue weighted by Crippen LogP contribution is 2.28. The number of ketones is 1. The van der Waals surface area contributed by atoms with Gasteiger partial charge in [-0.05, 0) is 41.8 Å². The number of carbonyl (C=O) groups excluding carboxylic acids is 2. The SMILES string of the molecule is CC(C(=O)NC1=Nc2ccc(CC(=O)c3cscn3)cc2C1)c1cccc(C#N)c1. The van der Waals surface area contributed by atoms with Crippen LogP contribution in [-0.4, -0.2) is 22.5 Å². The maximum absolute atomic E-state index is 12.7. The predicted molar refractivity (Wildman–Crippen MR) is 115 cm³/mol. The summed E-state index contributed by atoms with van der Waals surface area (Å²) in [6, 6.07) is 14.8. The number of aromatic nitrogens is 1. The average Bonchev–Trinajstić information content (AvgIpc) is 3.42. The van der Waals surface area contributed by atoms with E-state index in [1.165, 1.54) is 11.3 Å². The molecule has 2 heterocycles. The number of benzene rings is 2. The smallest absolute Gasteiger partial charge is 0.232 e. The van der Waals surface area contributed by atoms with Crippen LogP contribution in [0.15, 0.2) is 58.3 Å². The molecule has 148 valence electrons. The number of amides is 1. The molecule has 1 aliphatic rings. The Balaban J connectivity index is 1.41. The van der Waals surface area contributed by atoms with Crippen LogP contribution in [-0.2, 0) is 17.6 Å². The van der Waals surface area contributed by atoms with Gasteiger partial charge in [0.1, 0.15) is 11.5 Å². The van der Waals surface area contributed by atoms with Gasteiger partial charge >= 0.3 is 0 Å². The molecule has 2 aromatic carbocycles. The molecule has 0 radical (unpaired) electrons. The van der Waals surface area contributed by atoms with Crippen molar-refractivity contribution < 1.29 is 9.59 Å². The van der Waals surface area contributed by atoms with Crippen LogP contribution < -0.4 is 5.32 Å². The molecule has 1 aliphatic heterocycles. The van der Waals surface area contributed by atoms with Crippen LogP contribution in [0.2, 0.25) is 0 Å². The van der Waals surface area contributed by atoms with Crippen LogP contribution in [0.25, 0.3) is 0 Å². The molecule has 6 nitrogen and oxygen atoms in total. The molecule has 1 amide bonds. The van der Waals surface area contributed by atoms with Crippen molar-refractivity contribution in [1.29, 1.82) is 5.26 Å². The fraction of sp³-hybridized carbons (Fsp3) is 0.174. The summed E-state index contributed by atoms with van der Waals surface area (Å²) in [6.07, 6.45) is 0.787. The molecule has 30 heavy (non-hydrogen) atoms. The molecule has 4 rings (SSSR count). The van der Waals surface area contributed by atoms with E-state index in [0.717, 1.165) is 22.4 Å². The van der Waals surface area contributed by atoms with Crippen LogP contribution in [0, 0.1) is 11.3 Å². The van der Waals surface area contributed by atoms with Gasteiger partial charge in [-0.2, -0.15) is 5.26 Å². The third-order valence-corrected chi connectivity index (χ3v) is 5.60. The van der Waals surface area contributed by atoms with E-state index in [2.05, 4.69) is 21.4 Å². The predicted octanol–water partition coefficient (Wildman–Crippen LogP) is 3.95. The molecular formula is C23H18N4O2S. The third-order valence-electron chi connectivity index (χ3n) is 5.02. The average molecular weight is 414 g/mol. The van der Waals surface area contributed by atoms with E-state index < -0.39 is 5.92 Å². The molecule has 1 aromatic heterocycles. The molecule has 1 N–H and O–H groups in total. The van der Waals surface area contributed by atoms with E-state index in [-0.39, 0.29) is 18.1 Å². The Labute approximate surface area is 177 Å². The summed E-state index contributed by atoms with van der Waals surface area (Å²) in [7, 11) is 0. The van der Waals surface area contributed by atoms with E-state index in [1.54, 1.807) is 36.0 Å². The molecule has 0 saturated heterocycles. The van der Waals surface area contributed by atoms with Crippen LogP contribution in [0.4, 0.5) is 5.69 Å². The number of aliphatic imine (C=N–C) groups is 1. The van der Waals surface area contributed by atoms with Gasteiger partial charge in [-0.15, -0.1) is 11.3 Å². The molecule has 0 spiro atoms. The van der Waals surface area contributed by atoms with Crippen molar-refractivity contribution >= 4 is 34.6 Å². The first-order chi connectivity index (χ1) is 14.5. The fourth-order valence-electron chi connectivity index (χ4n) is 3.34. The largest absolute Gasteiger partial charge is 0.313 e. The van der Waals surface area contributed by atoms with Gasteiger partial charge in [0.15, 0.2) is 5.78 Å². The second kappa shape index (κ2) is 8.39. The number of rotatable bonds is 5. The molecular weight excluding hydrogens is 396 g/mol. The van der Waals surface area contributed by atoms with Crippen LogP contribution in [0.5, 0.6) is 0 Å². The zero-order valence-electron chi connectivity index (χ0n) is 16.3. The van der Waals surface area contributed by atoms with Gasteiger partial charge in [0.25, 0.3) is 0 Å². The molecule has 0 aliphatic carbocycles. The van der Waals surface area contributed by atoms with Gasteiger partial charge in [-0.3, -0.25) is 9.59 Å². The van der Waals surface area contributed by atoms with Crippen LogP contribution >= 0.6 is 11.3 Å². The molecule has 1 unspecified atom stereocenters. The zero-order valence-corrected chi connectivity index (χ0v) is 17.1. The van der Waals surface area contributed by atoms with Crippen LogP contribution in [0.1, 0.15) is 45.6 Å². The lowest BCUT2D eigenvalue weighted by Crippen LogP contribution is -2.33. The van der Waals surface area contributed by atoms with Gasteiger partial charge in [0, 0.05) is 18.2 Å². The van der Waals surface area contributed by atoms with E-state index in [0.29, 0.717) is 23.5 Å². The number of nitriles is 1. The van der Waals surface area contributed by atoms with Crippen molar-refractivity contribution in [3.63, 3.8) is 0 Å². The number of nitrogens with zero attached hydrogens (tertiary/aromatic N) is 3. The van der Waals surface area contributed by atoms with Gasteiger partial charge in [-0.25, -0.2) is 9.98 Å². The standard InChI is InChI=1S/C23H18N4O2S/c1-14(17-4-2-3-16(8-17)11-24)23(29)27-22-10-18-7-15(5-6-19(18)26-22)9-21(28)20-12-30-13-25-20/h2-8,12-14H,9-10H2,1H3,(H,26,27,29). The molecule has 0 saturated carbocycles. The summed E-state index contributed by atoms with van der Waals surface area (Å²) in [4.78, 5) is 33.5. The number of Topliss-reactive ketones (excluding diaryl/α,β-unsaturated/α-hetero) is 1. The first-order valence-electron chi connectivity index (χ1n) is 9.45. The van der Waals surface area contributed by atoms with Crippen molar-refractivity contribution in [2.75, 3.05) is 0 Å². The zero-order chi connectivity index (χ0) is 21.1. The number of thiazole rings is 1. The third kappa shape index (κ3) is 4.19. The summed E-state index contributed by atoms with van der Waals surface area (Å²) in [5.41, 5.74) is 6.12. The number of fused-ring (bicyclic) bond motifs is 1. The quantitative estimate of drug-likeness (QED) is 0.640. The summed E-state index contributed by atoms with van der Waals surface area (Å²) in [5, 5.41) is 13.7. The Morgan fingerprint density at radius 1 is 1.27 bits per heavy atom. The van der Waals surface area contributed by atoms with Gasteiger partial charge in [0.2, 0.25) is 5.91 Å².